The fourth-order valence-corrected chi connectivity index (χ4v) is 3.16. The van der Waals surface area contributed by atoms with Gasteiger partial charge in [0.05, 0.1) is 6.61 Å². The maximum absolute atomic E-state index is 11.1. The van der Waals surface area contributed by atoms with Crippen LogP contribution in [0.5, 0.6) is 0 Å². The molecule has 0 amide bonds. The van der Waals surface area contributed by atoms with E-state index in [1.54, 1.807) is 0 Å². The molecule has 3 N–H and O–H groups in total. The summed E-state index contributed by atoms with van der Waals surface area (Å²) in [5, 5.41) is 20.0. The Hall–Kier alpha value is -0.870. The quantitative estimate of drug-likeness (QED) is 0.647. The molecule has 0 aromatic heterocycles. The Morgan fingerprint density at radius 2 is 1.81 bits per heavy atom. The van der Waals surface area contributed by atoms with Gasteiger partial charge in [0, 0.05) is 5.56 Å². The molecule has 1 aromatic rings. The summed E-state index contributed by atoms with van der Waals surface area (Å²) in [5.74, 6) is 0. The summed E-state index contributed by atoms with van der Waals surface area (Å²) in [5.41, 5.74) is -0.591. The smallest absolute Gasteiger partial charge is 0.186 e. The first-order valence-corrected chi connectivity index (χ1v) is 7.68. The number of fused-ring (bicyclic) bond motifs is 1. The van der Waals surface area contributed by atoms with Gasteiger partial charge in [-0.1, -0.05) is 30.3 Å². The molecule has 8 heteroatoms. The lowest BCUT2D eigenvalue weighted by atomic mass is 9.99. The molecule has 2 heterocycles. The fraction of sp³-hybridized carbons (Fsp3) is 0.538. The van der Waals surface area contributed by atoms with Gasteiger partial charge in [0.25, 0.3) is 0 Å². The maximum Gasteiger partial charge on any atom is 0.186 e. The van der Waals surface area contributed by atoms with Crippen molar-refractivity contribution in [1.82, 2.24) is 0 Å². The van der Waals surface area contributed by atoms with Gasteiger partial charge in [-0.05, 0) is 0 Å². The molecule has 2 fully saturated rings. The molecule has 2 aliphatic rings. The van der Waals surface area contributed by atoms with Crippen LogP contribution in [0.25, 0.3) is 0 Å². The van der Waals surface area contributed by atoms with Crippen molar-refractivity contribution in [2.45, 2.75) is 36.1 Å². The minimum Gasteiger partial charge on any atom is -0.387 e. The normalized spacial score (nSPS) is 41.3. The van der Waals surface area contributed by atoms with Crippen molar-refractivity contribution in [3.05, 3.63) is 35.9 Å². The topological polar surface area (TPSA) is 105 Å². The van der Waals surface area contributed by atoms with Gasteiger partial charge in [0.15, 0.2) is 22.8 Å². The molecule has 1 aromatic carbocycles. The molecule has 7 atom stereocenters. The molecular formula is C13H16O7S. The minimum atomic E-state index is -2.41. The number of rotatable bonds is 2. The van der Waals surface area contributed by atoms with Gasteiger partial charge in [-0.25, -0.2) is 4.21 Å². The molecule has 7 nitrogen and oxygen atoms in total. The van der Waals surface area contributed by atoms with Crippen LogP contribution >= 0.6 is 0 Å². The third-order valence-electron chi connectivity index (χ3n) is 3.60. The minimum absolute atomic E-state index is 0.0989. The van der Waals surface area contributed by atoms with E-state index in [0.29, 0.717) is 0 Å². The predicted molar refractivity (Wildman–Crippen MR) is 71.5 cm³/mol. The lowest BCUT2D eigenvalue weighted by Crippen LogP contribution is -2.62. The summed E-state index contributed by atoms with van der Waals surface area (Å²) in [6.45, 7) is 0.0989. The number of aliphatic hydroxyl groups excluding tert-OH is 2. The Kier molecular flexibility index (Phi) is 4.36. The molecule has 2 saturated heterocycles. The standard InChI is InChI=1S/C13H16O7S/c14-9-10(15)13(21(16)17)19-8-6-18-12(20-11(8)9)7-4-2-1-3-5-7/h1-5,8-15H,6H2,(H,16,17)/t8-,9-,10-,11-,12?,13?/m1/s1. The highest BCUT2D eigenvalue weighted by atomic mass is 32.2. The zero-order chi connectivity index (χ0) is 15.0. The second-order valence-corrected chi connectivity index (χ2v) is 5.99. The second-order valence-electron chi connectivity index (χ2n) is 4.98. The first-order chi connectivity index (χ1) is 10.1. The average molecular weight is 316 g/mol. The third kappa shape index (κ3) is 2.88. The van der Waals surface area contributed by atoms with Crippen molar-refractivity contribution < 1.29 is 33.2 Å². The summed E-state index contributed by atoms with van der Waals surface area (Å²) in [7, 11) is 0. The van der Waals surface area contributed by atoms with E-state index in [0.717, 1.165) is 5.56 Å². The Morgan fingerprint density at radius 1 is 1.10 bits per heavy atom. The Morgan fingerprint density at radius 3 is 2.48 bits per heavy atom. The van der Waals surface area contributed by atoms with E-state index in [-0.39, 0.29) is 6.61 Å². The zero-order valence-corrected chi connectivity index (χ0v) is 11.8. The lowest BCUT2D eigenvalue weighted by molar-refractivity contribution is -0.319. The summed E-state index contributed by atoms with van der Waals surface area (Å²) in [6.07, 6.45) is -5.01. The van der Waals surface area contributed by atoms with Gasteiger partial charge in [-0.15, -0.1) is 0 Å². The van der Waals surface area contributed by atoms with Gasteiger partial charge in [0.1, 0.15) is 24.4 Å². The first kappa shape index (κ1) is 15.0. The van der Waals surface area contributed by atoms with Gasteiger partial charge in [-0.3, -0.25) is 0 Å². The van der Waals surface area contributed by atoms with E-state index >= 15 is 0 Å². The van der Waals surface area contributed by atoms with E-state index in [1.165, 1.54) is 0 Å². The Bertz CT molecular complexity index is 509. The average Bonchev–Trinajstić information content (AvgIpc) is 2.51. The largest absolute Gasteiger partial charge is 0.387 e. The van der Waals surface area contributed by atoms with Crippen molar-refractivity contribution in [1.29, 1.82) is 0 Å². The van der Waals surface area contributed by atoms with Crippen molar-refractivity contribution in [3.63, 3.8) is 0 Å². The zero-order valence-electron chi connectivity index (χ0n) is 10.9. The van der Waals surface area contributed by atoms with Crippen LogP contribution in [0, 0.1) is 0 Å². The fourth-order valence-electron chi connectivity index (χ4n) is 2.52. The molecule has 0 aliphatic carbocycles. The number of ether oxygens (including phenoxy) is 3. The lowest BCUT2D eigenvalue weighted by Gasteiger charge is -2.45. The number of hydrogen-bond acceptors (Lipinski definition) is 6. The van der Waals surface area contributed by atoms with E-state index in [1.807, 2.05) is 30.3 Å². The Balaban J connectivity index is 1.76. The van der Waals surface area contributed by atoms with Crippen LogP contribution in [-0.4, -0.2) is 55.4 Å². The third-order valence-corrected chi connectivity index (χ3v) is 4.39. The summed E-state index contributed by atoms with van der Waals surface area (Å²) >= 11 is -2.41. The predicted octanol–water partition coefficient (Wildman–Crippen LogP) is -0.231. The van der Waals surface area contributed by atoms with Crippen LogP contribution in [0.15, 0.2) is 30.3 Å². The number of aliphatic hydroxyl groups is 2. The highest BCUT2D eigenvalue weighted by molar-refractivity contribution is 7.79. The molecular weight excluding hydrogens is 300 g/mol. The molecule has 2 aliphatic heterocycles. The molecule has 3 rings (SSSR count). The molecule has 21 heavy (non-hydrogen) atoms. The van der Waals surface area contributed by atoms with Crippen molar-refractivity contribution >= 4 is 11.1 Å². The van der Waals surface area contributed by atoms with Crippen LogP contribution < -0.4 is 0 Å². The van der Waals surface area contributed by atoms with Gasteiger partial charge < -0.3 is 29.0 Å². The molecule has 0 radical (unpaired) electrons. The molecule has 0 spiro atoms. The molecule has 0 bridgehead atoms. The summed E-state index contributed by atoms with van der Waals surface area (Å²) in [6, 6.07) is 9.17. The number of hydrogen-bond donors (Lipinski definition) is 3. The monoisotopic (exact) mass is 316 g/mol. The first-order valence-electron chi connectivity index (χ1n) is 6.51. The van der Waals surface area contributed by atoms with Crippen LogP contribution in [0.3, 0.4) is 0 Å². The van der Waals surface area contributed by atoms with Gasteiger partial charge >= 0.3 is 0 Å². The molecule has 116 valence electrons. The summed E-state index contributed by atoms with van der Waals surface area (Å²) < 4.78 is 36.7. The second kappa shape index (κ2) is 6.09. The van der Waals surface area contributed by atoms with Crippen LogP contribution in [0.4, 0.5) is 0 Å². The van der Waals surface area contributed by atoms with Gasteiger partial charge in [-0.2, -0.15) is 0 Å². The highest BCUT2D eigenvalue weighted by Gasteiger charge is 2.50. The van der Waals surface area contributed by atoms with E-state index in [2.05, 4.69) is 0 Å². The molecule has 3 unspecified atom stereocenters. The molecule has 0 saturated carbocycles. The van der Waals surface area contributed by atoms with Crippen LogP contribution in [-0.2, 0) is 25.3 Å². The van der Waals surface area contributed by atoms with Crippen molar-refractivity contribution in [2.75, 3.05) is 6.61 Å². The highest BCUT2D eigenvalue weighted by Crippen LogP contribution is 2.34. The van der Waals surface area contributed by atoms with E-state index in [4.69, 9.17) is 18.8 Å². The maximum atomic E-state index is 11.1. The number of benzene rings is 1. The summed E-state index contributed by atoms with van der Waals surface area (Å²) in [4.78, 5) is 0. The van der Waals surface area contributed by atoms with Crippen LogP contribution in [0.1, 0.15) is 11.9 Å². The Labute approximate surface area is 123 Å². The van der Waals surface area contributed by atoms with Crippen molar-refractivity contribution in [3.8, 4) is 0 Å². The SMILES string of the molecule is O=S(O)C1O[C@@H]2COC(c3ccccc3)O[C@H]2[C@H](O)[C@H]1O. The van der Waals surface area contributed by atoms with E-state index < -0.39 is 47.2 Å². The van der Waals surface area contributed by atoms with Gasteiger partial charge in [0.2, 0.25) is 0 Å². The van der Waals surface area contributed by atoms with Crippen LogP contribution in [0.2, 0.25) is 0 Å². The van der Waals surface area contributed by atoms with E-state index in [9.17, 15) is 14.4 Å². The van der Waals surface area contributed by atoms with Crippen molar-refractivity contribution in [2.24, 2.45) is 0 Å².